The Morgan fingerprint density at radius 2 is 0.731 bits per heavy atom. The molecule has 0 rings (SSSR count). The molecule has 0 radical (unpaired) electrons. The summed E-state index contributed by atoms with van der Waals surface area (Å²) in [5.41, 5.74) is 0. The zero-order valence-electron chi connectivity index (χ0n) is 50.3. The molecule has 0 saturated carbocycles. The van der Waals surface area contributed by atoms with E-state index in [1.807, 2.05) is 21.1 Å². The summed E-state index contributed by atoms with van der Waals surface area (Å²) < 4.78 is 22.8. The maximum atomic E-state index is 12.9. The van der Waals surface area contributed by atoms with Crippen molar-refractivity contribution in [2.45, 2.75) is 238 Å². The number of carboxylic acid groups (broad SMARTS) is 1. The molecule has 78 heavy (non-hydrogen) atoms. The topological polar surface area (TPSA) is 108 Å². The highest BCUT2D eigenvalue weighted by atomic mass is 16.7. The number of carboxylic acids is 1. The number of likely N-dealkylation sites (N-methyl/N-ethyl adjacent to an activating group) is 1. The van der Waals surface area contributed by atoms with Crippen LogP contribution in [0.4, 0.5) is 0 Å². The molecule has 442 valence electrons. The molecule has 0 spiro atoms. The van der Waals surface area contributed by atoms with Crippen LogP contribution in [0.15, 0.2) is 134 Å². The van der Waals surface area contributed by atoms with Crippen LogP contribution < -0.4 is 0 Å². The standard InChI is InChI=1S/C69H113NO8/c1-6-8-10-12-14-16-18-20-21-22-23-24-25-26-27-28-29-30-31-32-33-34-35-36-37-38-39-40-41-42-43-44-45-46-47-48-50-52-54-56-58-60-67(72)78-65(64-77-69(68(73)74)75-62-61-70(3,4)5)63-76-66(71)59-57-55-53-51-49-19-17-15-13-11-9-7-2/h8,10,14-17,20-21,23-24,26-27,29-30,32-33,35-36,38-39,41-42,65,69H,6-7,9,11-13,18-19,22,25,28,31,34,37,40,43-64H2,1-5H3/p+1/b10-8-,16-14-,17-15-,21-20-,24-23-,27-26-,30-29-,33-32-,36-35-,39-38-,42-41-. The number of rotatable bonds is 55. The summed E-state index contributed by atoms with van der Waals surface area (Å²) in [5.74, 6) is -2.03. The summed E-state index contributed by atoms with van der Waals surface area (Å²) in [7, 11) is 5.95. The van der Waals surface area contributed by atoms with Crippen LogP contribution in [-0.4, -0.2) is 87.4 Å². The number of unbranched alkanes of at least 4 members (excludes halogenated alkanes) is 18. The second kappa shape index (κ2) is 58.6. The van der Waals surface area contributed by atoms with E-state index in [4.69, 9.17) is 18.9 Å². The zero-order valence-corrected chi connectivity index (χ0v) is 50.3. The molecular formula is C69H114NO8+. The van der Waals surface area contributed by atoms with Gasteiger partial charge in [-0.15, -0.1) is 0 Å². The van der Waals surface area contributed by atoms with Crippen molar-refractivity contribution in [3.8, 4) is 0 Å². The smallest absolute Gasteiger partial charge is 0.361 e. The first-order valence-corrected chi connectivity index (χ1v) is 30.8. The lowest BCUT2D eigenvalue weighted by Gasteiger charge is -2.25. The first kappa shape index (κ1) is 73.4. The summed E-state index contributed by atoms with van der Waals surface area (Å²) in [6.07, 6.45) is 81.2. The van der Waals surface area contributed by atoms with Crippen molar-refractivity contribution in [2.75, 3.05) is 47.5 Å². The fraction of sp³-hybridized carbons (Fsp3) is 0.638. The van der Waals surface area contributed by atoms with Gasteiger partial charge in [0, 0.05) is 12.8 Å². The van der Waals surface area contributed by atoms with Gasteiger partial charge in [-0.05, 0) is 116 Å². The number of aliphatic carboxylic acids is 1. The van der Waals surface area contributed by atoms with E-state index in [0.29, 0.717) is 17.4 Å². The fourth-order valence-electron chi connectivity index (χ4n) is 7.92. The normalized spacial score (nSPS) is 13.7. The van der Waals surface area contributed by atoms with Gasteiger partial charge in [0.2, 0.25) is 0 Å². The van der Waals surface area contributed by atoms with Crippen LogP contribution in [0, 0.1) is 0 Å². The van der Waals surface area contributed by atoms with E-state index in [1.54, 1.807) is 0 Å². The first-order valence-electron chi connectivity index (χ1n) is 30.8. The quantitative estimate of drug-likeness (QED) is 0.0211. The lowest BCUT2D eigenvalue weighted by Crippen LogP contribution is -2.40. The van der Waals surface area contributed by atoms with Crippen LogP contribution in [0.5, 0.6) is 0 Å². The number of quaternary nitrogens is 1. The Morgan fingerprint density at radius 1 is 0.397 bits per heavy atom. The first-order chi connectivity index (χ1) is 38.1. The zero-order chi connectivity index (χ0) is 56.9. The minimum absolute atomic E-state index is 0.180. The summed E-state index contributed by atoms with van der Waals surface area (Å²) >= 11 is 0. The van der Waals surface area contributed by atoms with Crippen molar-refractivity contribution < 1.29 is 42.9 Å². The molecule has 0 heterocycles. The SMILES string of the molecule is CC/C=C\C/C=C\C/C=C\C/C=C\C/C=C\C/C=C\C/C=C\C/C=C\C/C=C\C/C=C\CCCCCCCCCCCCC(=O)OC(COC(=O)CCCCCCC/C=C\CCCCC)COC(OCC[N+](C)(C)C)C(=O)O. The van der Waals surface area contributed by atoms with Crippen molar-refractivity contribution >= 4 is 17.9 Å². The molecule has 9 nitrogen and oxygen atoms in total. The maximum Gasteiger partial charge on any atom is 0.361 e. The van der Waals surface area contributed by atoms with Gasteiger partial charge < -0.3 is 28.5 Å². The highest BCUT2D eigenvalue weighted by molar-refractivity contribution is 5.71. The Balaban J connectivity index is 4.11. The van der Waals surface area contributed by atoms with Crippen molar-refractivity contribution in [2.24, 2.45) is 0 Å². The largest absolute Gasteiger partial charge is 0.477 e. The molecule has 0 amide bonds. The molecule has 0 aromatic heterocycles. The lowest BCUT2D eigenvalue weighted by molar-refractivity contribution is -0.870. The van der Waals surface area contributed by atoms with Crippen molar-refractivity contribution in [1.82, 2.24) is 0 Å². The average Bonchev–Trinajstić information content (AvgIpc) is 3.41. The molecule has 0 aliphatic heterocycles. The summed E-state index contributed by atoms with van der Waals surface area (Å²) in [6, 6.07) is 0. The van der Waals surface area contributed by atoms with Crippen LogP contribution in [0.1, 0.15) is 226 Å². The Labute approximate surface area is 478 Å². The van der Waals surface area contributed by atoms with Gasteiger partial charge in [-0.3, -0.25) is 9.59 Å². The van der Waals surface area contributed by atoms with Gasteiger partial charge in [0.05, 0.1) is 34.4 Å². The second-order valence-corrected chi connectivity index (χ2v) is 21.3. The van der Waals surface area contributed by atoms with Crippen molar-refractivity contribution in [3.05, 3.63) is 134 Å². The number of nitrogens with zero attached hydrogens (tertiary/aromatic N) is 1. The average molecular weight is 1090 g/mol. The molecule has 0 aromatic carbocycles. The Kier molecular flexibility index (Phi) is 55.1. The monoisotopic (exact) mass is 1080 g/mol. The van der Waals surface area contributed by atoms with E-state index >= 15 is 0 Å². The van der Waals surface area contributed by atoms with Gasteiger partial charge in [-0.1, -0.05) is 231 Å². The molecule has 0 bridgehead atoms. The number of allylic oxidation sites excluding steroid dienone is 22. The summed E-state index contributed by atoms with van der Waals surface area (Å²) in [6.45, 7) is 4.70. The van der Waals surface area contributed by atoms with Crippen LogP contribution in [0.2, 0.25) is 0 Å². The van der Waals surface area contributed by atoms with E-state index in [2.05, 4.69) is 148 Å². The third kappa shape index (κ3) is 59.1. The minimum atomic E-state index is -1.52. The molecule has 0 aromatic rings. The van der Waals surface area contributed by atoms with Gasteiger partial charge in [-0.25, -0.2) is 4.79 Å². The molecular weight excluding hydrogens is 971 g/mol. The van der Waals surface area contributed by atoms with E-state index in [0.717, 1.165) is 128 Å². The molecule has 2 unspecified atom stereocenters. The number of ether oxygens (including phenoxy) is 4. The molecule has 9 heteroatoms. The van der Waals surface area contributed by atoms with Crippen LogP contribution in [-0.2, 0) is 33.3 Å². The molecule has 1 N–H and O–H groups in total. The van der Waals surface area contributed by atoms with Gasteiger partial charge in [0.25, 0.3) is 6.29 Å². The van der Waals surface area contributed by atoms with Gasteiger partial charge in [0.15, 0.2) is 6.10 Å². The summed E-state index contributed by atoms with van der Waals surface area (Å²) in [4.78, 5) is 37.3. The Morgan fingerprint density at radius 3 is 1.10 bits per heavy atom. The third-order valence-electron chi connectivity index (χ3n) is 12.6. The van der Waals surface area contributed by atoms with Crippen LogP contribution in [0.25, 0.3) is 0 Å². The number of carbonyl (C=O) groups excluding carboxylic acids is 2. The molecule has 0 saturated heterocycles. The number of hydrogen-bond donors (Lipinski definition) is 1. The lowest BCUT2D eigenvalue weighted by atomic mass is 10.0. The summed E-state index contributed by atoms with van der Waals surface area (Å²) in [5, 5.41) is 9.69. The minimum Gasteiger partial charge on any atom is -0.477 e. The Hall–Kier alpha value is -4.57. The van der Waals surface area contributed by atoms with Crippen LogP contribution >= 0.6 is 0 Å². The van der Waals surface area contributed by atoms with Crippen LogP contribution in [0.3, 0.4) is 0 Å². The number of hydrogen-bond acceptors (Lipinski definition) is 7. The van der Waals surface area contributed by atoms with Gasteiger partial charge in [-0.2, -0.15) is 0 Å². The highest BCUT2D eigenvalue weighted by Crippen LogP contribution is 2.15. The third-order valence-corrected chi connectivity index (χ3v) is 12.6. The second-order valence-electron chi connectivity index (χ2n) is 21.3. The van der Waals surface area contributed by atoms with Crippen molar-refractivity contribution in [1.29, 1.82) is 0 Å². The highest BCUT2D eigenvalue weighted by Gasteiger charge is 2.25. The fourth-order valence-corrected chi connectivity index (χ4v) is 7.92. The van der Waals surface area contributed by atoms with E-state index < -0.39 is 24.3 Å². The molecule has 2 atom stereocenters. The molecule has 0 aliphatic rings. The van der Waals surface area contributed by atoms with E-state index in [1.165, 1.54) is 64.2 Å². The Bertz CT molecular complexity index is 1740. The van der Waals surface area contributed by atoms with E-state index in [9.17, 15) is 19.5 Å². The van der Waals surface area contributed by atoms with Gasteiger partial charge in [0.1, 0.15) is 13.2 Å². The number of esters is 2. The van der Waals surface area contributed by atoms with Gasteiger partial charge >= 0.3 is 17.9 Å². The maximum absolute atomic E-state index is 12.9. The predicted molar refractivity (Wildman–Crippen MR) is 331 cm³/mol. The molecule has 0 aliphatic carbocycles. The number of carbonyl (C=O) groups is 3. The predicted octanol–water partition coefficient (Wildman–Crippen LogP) is 18.6. The van der Waals surface area contributed by atoms with E-state index in [-0.39, 0.29) is 38.6 Å². The molecule has 0 fully saturated rings. The van der Waals surface area contributed by atoms with Crippen molar-refractivity contribution in [3.63, 3.8) is 0 Å².